The maximum absolute atomic E-state index is 13.1. The lowest BCUT2D eigenvalue weighted by Crippen LogP contribution is -2.61. The number of amides is 1. The molecule has 1 aromatic heterocycles. The Labute approximate surface area is 158 Å². The van der Waals surface area contributed by atoms with Crippen LogP contribution in [0.1, 0.15) is 47.5 Å². The van der Waals surface area contributed by atoms with Gasteiger partial charge in [0.15, 0.2) is 5.69 Å². The summed E-state index contributed by atoms with van der Waals surface area (Å²) in [4.78, 5) is 29.4. The normalized spacial score (nSPS) is 22.5. The van der Waals surface area contributed by atoms with Crippen LogP contribution >= 0.6 is 0 Å². The molecule has 7 nitrogen and oxygen atoms in total. The van der Waals surface area contributed by atoms with Crippen LogP contribution in [-0.4, -0.2) is 71.2 Å². The average molecular weight is 370 g/mol. The van der Waals surface area contributed by atoms with Crippen molar-refractivity contribution >= 4 is 22.8 Å². The van der Waals surface area contributed by atoms with Gasteiger partial charge in [-0.1, -0.05) is 13.8 Å². The van der Waals surface area contributed by atoms with Crippen LogP contribution < -0.4 is 0 Å². The zero-order valence-corrected chi connectivity index (χ0v) is 16.1. The first-order chi connectivity index (χ1) is 12.9. The summed E-state index contributed by atoms with van der Waals surface area (Å²) in [6.45, 7) is 8.32. The van der Waals surface area contributed by atoms with Crippen molar-refractivity contribution in [3.05, 3.63) is 29.5 Å². The number of nitrogens with one attached hydrogen (secondary N) is 1. The van der Waals surface area contributed by atoms with Gasteiger partial charge in [0.25, 0.3) is 5.91 Å². The Kier molecular flexibility index (Phi) is 4.42. The van der Waals surface area contributed by atoms with Crippen molar-refractivity contribution < 1.29 is 14.3 Å². The summed E-state index contributed by atoms with van der Waals surface area (Å²) in [6.07, 6.45) is 2.17. The summed E-state index contributed by atoms with van der Waals surface area (Å²) in [6, 6.07) is 5.77. The van der Waals surface area contributed by atoms with Gasteiger partial charge in [-0.3, -0.25) is 14.8 Å². The molecule has 0 aliphatic carbocycles. The number of piperidine rings is 1. The zero-order valence-electron chi connectivity index (χ0n) is 16.1. The zero-order chi connectivity index (χ0) is 19.2. The maximum Gasteiger partial charge on any atom is 0.359 e. The largest absolute Gasteiger partial charge is 0.464 e. The highest BCUT2D eigenvalue weighted by Gasteiger charge is 2.40. The smallest absolute Gasteiger partial charge is 0.359 e. The third kappa shape index (κ3) is 3.32. The van der Waals surface area contributed by atoms with Crippen LogP contribution in [0.5, 0.6) is 0 Å². The van der Waals surface area contributed by atoms with E-state index in [4.69, 9.17) is 4.74 Å². The van der Waals surface area contributed by atoms with Gasteiger partial charge in [0, 0.05) is 43.2 Å². The number of H-pyrrole nitrogens is 1. The van der Waals surface area contributed by atoms with E-state index in [9.17, 15) is 9.59 Å². The van der Waals surface area contributed by atoms with Crippen LogP contribution in [0, 0.1) is 5.41 Å². The van der Waals surface area contributed by atoms with E-state index in [1.807, 2.05) is 4.90 Å². The number of likely N-dealkylation sites (tertiary alicyclic amines) is 2. The van der Waals surface area contributed by atoms with E-state index in [0.717, 1.165) is 39.0 Å². The first kappa shape index (κ1) is 18.0. The number of carbonyl (C=O) groups is 2. The summed E-state index contributed by atoms with van der Waals surface area (Å²) in [7, 11) is 1.32. The Morgan fingerprint density at radius 3 is 2.78 bits per heavy atom. The fraction of sp³-hybridized carbons (Fsp3) is 0.550. The van der Waals surface area contributed by atoms with Gasteiger partial charge in [-0.2, -0.15) is 5.10 Å². The Hall–Kier alpha value is -2.41. The maximum atomic E-state index is 13.1. The topological polar surface area (TPSA) is 78.5 Å². The molecule has 27 heavy (non-hydrogen) atoms. The van der Waals surface area contributed by atoms with Crippen LogP contribution in [0.3, 0.4) is 0 Å². The summed E-state index contributed by atoms with van der Waals surface area (Å²) in [5.74, 6) is -0.498. The van der Waals surface area contributed by atoms with Gasteiger partial charge in [0.1, 0.15) is 0 Å². The highest BCUT2D eigenvalue weighted by atomic mass is 16.5. The molecule has 1 N–H and O–H groups in total. The van der Waals surface area contributed by atoms with Crippen molar-refractivity contribution in [2.45, 2.75) is 32.7 Å². The fourth-order valence-corrected chi connectivity index (χ4v) is 4.33. The van der Waals surface area contributed by atoms with E-state index in [2.05, 4.69) is 28.9 Å². The molecule has 2 aliphatic heterocycles. The number of esters is 1. The second kappa shape index (κ2) is 6.64. The van der Waals surface area contributed by atoms with Crippen LogP contribution in [-0.2, 0) is 4.74 Å². The van der Waals surface area contributed by atoms with Crippen molar-refractivity contribution in [2.24, 2.45) is 5.41 Å². The molecule has 2 saturated heterocycles. The molecule has 1 unspecified atom stereocenters. The Morgan fingerprint density at radius 1 is 1.30 bits per heavy atom. The van der Waals surface area contributed by atoms with E-state index in [-0.39, 0.29) is 11.6 Å². The summed E-state index contributed by atoms with van der Waals surface area (Å²) >= 11 is 0. The number of ether oxygens (including phenoxy) is 1. The molecule has 2 fully saturated rings. The fourth-order valence-electron chi connectivity index (χ4n) is 4.33. The predicted molar refractivity (Wildman–Crippen MR) is 102 cm³/mol. The molecule has 2 aromatic rings. The monoisotopic (exact) mass is 370 g/mol. The quantitative estimate of drug-likeness (QED) is 0.839. The number of benzene rings is 1. The van der Waals surface area contributed by atoms with Gasteiger partial charge in [-0.25, -0.2) is 4.79 Å². The lowest BCUT2D eigenvalue weighted by atomic mass is 9.82. The summed E-state index contributed by atoms with van der Waals surface area (Å²) in [5.41, 5.74) is 1.90. The van der Waals surface area contributed by atoms with Crippen LogP contribution in [0.4, 0.5) is 0 Å². The predicted octanol–water partition coefficient (Wildman–Crippen LogP) is 2.30. The Morgan fingerprint density at radius 2 is 2.07 bits per heavy atom. The number of aromatic nitrogens is 2. The van der Waals surface area contributed by atoms with E-state index in [0.29, 0.717) is 27.9 Å². The molecular weight excluding hydrogens is 344 g/mol. The number of fused-ring (bicyclic) bond motifs is 1. The minimum Gasteiger partial charge on any atom is -0.464 e. The number of rotatable bonds is 3. The third-order valence-corrected chi connectivity index (χ3v) is 5.65. The molecule has 3 heterocycles. The molecule has 7 heteroatoms. The molecule has 4 rings (SSSR count). The lowest BCUT2D eigenvalue weighted by Gasteiger charge is -2.52. The Bertz CT molecular complexity index is 880. The molecule has 1 aromatic carbocycles. The molecule has 2 aliphatic rings. The van der Waals surface area contributed by atoms with E-state index >= 15 is 0 Å². The van der Waals surface area contributed by atoms with Crippen molar-refractivity contribution in [1.29, 1.82) is 0 Å². The first-order valence-corrected chi connectivity index (χ1v) is 9.48. The van der Waals surface area contributed by atoms with Crippen LogP contribution in [0.15, 0.2) is 18.2 Å². The summed E-state index contributed by atoms with van der Waals surface area (Å²) < 4.78 is 4.77. The van der Waals surface area contributed by atoms with Crippen LogP contribution in [0.2, 0.25) is 0 Å². The minimum absolute atomic E-state index is 0.0124. The second-order valence-electron chi connectivity index (χ2n) is 8.44. The minimum atomic E-state index is -0.510. The van der Waals surface area contributed by atoms with Gasteiger partial charge < -0.3 is 9.64 Å². The van der Waals surface area contributed by atoms with Gasteiger partial charge in [-0.15, -0.1) is 0 Å². The molecule has 144 valence electrons. The van der Waals surface area contributed by atoms with Crippen molar-refractivity contribution in [3.8, 4) is 0 Å². The van der Waals surface area contributed by atoms with Crippen LogP contribution in [0.25, 0.3) is 10.9 Å². The van der Waals surface area contributed by atoms with Crippen molar-refractivity contribution in [2.75, 3.05) is 33.3 Å². The molecule has 0 spiro atoms. The van der Waals surface area contributed by atoms with Gasteiger partial charge in [-0.05, 0) is 36.5 Å². The van der Waals surface area contributed by atoms with Gasteiger partial charge >= 0.3 is 5.97 Å². The standard InChI is InChI=1S/C20H26N4O3/c1-20(2)11-24(12-20)14-5-4-8-23(10-14)18(25)13-6-7-16-15(9-13)17(22-21-16)19(26)27-3/h6-7,9,14H,4-5,8,10-12H2,1-3H3,(H,21,22). The average Bonchev–Trinajstić information content (AvgIpc) is 3.08. The third-order valence-electron chi connectivity index (χ3n) is 5.65. The molecule has 0 radical (unpaired) electrons. The highest BCUT2D eigenvalue weighted by Crippen LogP contribution is 2.33. The number of carbonyl (C=O) groups excluding carboxylic acids is 2. The van der Waals surface area contributed by atoms with E-state index < -0.39 is 5.97 Å². The lowest BCUT2D eigenvalue weighted by molar-refractivity contribution is -0.0278. The highest BCUT2D eigenvalue weighted by molar-refractivity contribution is 6.05. The second-order valence-corrected chi connectivity index (χ2v) is 8.44. The number of nitrogens with zero attached hydrogens (tertiary/aromatic N) is 3. The van der Waals surface area contributed by atoms with E-state index in [1.54, 1.807) is 18.2 Å². The SMILES string of the molecule is COC(=O)c1n[nH]c2ccc(C(=O)N3CCCC(N4CC(C)(C)C4)C3)cc12. The number of hydrogen-bond acceptors (Lipinski definition) is 5. The molecule has 1 atom stereocenters. The molecule has 1 amide bonds. The molecular formula is C20H26N4O3. The summed E-state index contributed by atoms with van der Waals surface area (Å²) in [5, 5.41) is 7.44. The van der Waals surface area contributed by atoms with Gasteiger partial charge in [0.2, 0.25) is 0 Å². The number of aromatic amines is 1. The Balaban J connectivity index is 1.52. The first-order valence-electron chi connectivity index (χ1n) is 9.48. The number of methoxy groups -OCH3 is 1. The van der Waals surface area contributed by atoms with E-state index in [1.165, 1.54) is 7.11 Å². The number of hydrogen-bond donors (Lipinski definition) is 1. The van der Waals surface area contributed by atoms with Gasteiger partial charge in [0.05, 0.1) is 12.6 Å². The van der Waals surface area contributed by atoms with Crippen molar-refractivity contribution in [3.63, 3.8) is 0 Å². The van der Waals surface area contributed by atoms with Crippen molar-refractivity contribution in [1.82, 2.24) is 20.0 Å². The molecule has 0 bridgehead atoms. The molecule has 0 saturated carbocycles.